The van der Waals surface area contributed by atoms with Crippen LogP contribution in [0, 0.1) is 6.92 Å². The van der Waals surface area contributed by atoms with Crippen molar-refractivity contribution in [2.75, 3.05) is 13.6 Å². The molecule has 2 heterocycles. The lowest BCUT2D eigenvalue weighted by Crippen LogP contribution is -2.30. The van der Waals surface area contributed by atoms with E-state index in [4.69, 9.17) is 10.2 Å². The summed E-state index contributed by atoms with van der Waals surface area (Å²) >= 11 is 0. The van der Waals surface area contributed by atoms with E-state index >= 15 is 0 Å². The van der Waals surface area contributed by atoms with Crippen molar-refractivity contribution in [3.8, 4) is 0 Å². The summed E-state index contributed by atoms with van der Waals surface area (Å²) in [5.41, 5.74) is 8.28. The normalized spacial score (nSPS) is 12.9. The van der Waals surface area contributed by atoms with Crippen molar-refractivity contribution in [1.82, 2.24) is 9.88 Å². The summed E-state index contributed by atoms with van der Waals surface area (Å²) < 4.78 is 5.32. The van der Waals surface area contributed by atoms with Gasteiger partial charge in [-0.05, 0) is 37.7 Å². The molecule has 0 spiro atoms. The van der Waals surface area contributed by atoms with E-state index in [9.17, 15) is 0 Å². The molecule has 4 nitrogen and oxygen atoms in total. The molecule has 0 amide bonds. The van der Waals surface area contributed by atoms with Crippen LogP contribution in [0.2, 0.25) is 0 Å². The van der Waals surface area contributed by atoms with Crippen molar-refractivity contribution in [1.29, 1.82) is 0 Å². The molecular formula is C14H19N3O. The quantitative estimate of drug-likeness (QED) is 0.876. The molecule has 4 heteroatoms. The molecule has 0 aliphatic carbocycles. The Balaban J connectivity index is 2.11. The number of pyridine rings is 1. The lowest BCUT2D eigenvalue weighted by atomic mass is 10.1. The predicted molar refractivity (Wildman–Crippen MR) is 70.9 cm³/mol. The minimum Gasteiger partial charge on any atom is -0.469 e. The maximum atomic E-state index is 5.89. The Morgan fingerprint density at radius 2 is 2.06 bits per heavy atom. The molecule has 0 bridgehead atoms. The van der Waals surface area contributed by atoms with E-state index in [1.807, 2.05) is 25.1 Å². The molecule has 96 valence electrons. The molecule has 0 fully saturated rings. The van der Waals surface area contributed by atoms with Gasteiger partial charge in [0, 0.05) is 37.1 Å². The molecule has 2 rings (SSSR count). The topological polar surface area (TPSA) is 55.3 Å². The van der Waals surface area contributed by atoms with Gasteiger partial charge in [0.15, 0.2) is 0 Å². The van der Waals surface area contributed by atoms with E-state index in [1.54, 1.807) is 18.7 Å². The van der Waals surface area contributed by atoms with Gasteiger partial charge < -0.3 is 10.2 Å². The molecule has 2 aromatic rings. The Kier molecular flexibility index (Phi) is 4.12. The van der Waals surface area contributed by atoms with Crippen LogP contribution in [0.3, 0.4) is 0 Å². The summed E-state index contributed by atoms with van der Waals surface area (Å²) in [6.07, 6.45) is 5.33. The van der Waals surface area contributed by atoms with Gasteiger partial charge >= 0.3 is 0 Å². The van der Waals surface area contributed by atoms with Crippen LogP contribution in [0.15, 0.2) is 41.3 Å². The van der Waals surface area contributed by atoms with Crippen LogP contribution in [-0.2, 0) is 6.54 Å². The average molecular weight is 245 g/mol. The lowest BCUT2D eigenvalue weighted by molar-refractivity contribution is 0.240. The van der Waals surface area contributed by atoms with E-state index in [0.717, 1.165) is 12.3 Å². The highest BCUT2D eigenvalue weighted by atomic mass is 16.3. The molecule has 1 atom stereocenters. The third-order valence-electron chi connectivity index (χ3n) is 3.23. The van der Waals surface area contributed by atoms with Gasteiger partial charge in [-0.3, -0.25) is 9.88 Å². The first-order chi connectivity index (χ1) is 8.72. The number of hydrogen-bond acceptors (Lipinski definition) is 4. The van der Waals surface area contributed by atoms with Gasteiger partial charge in [-0.15, -0.1) is 0 Å². The Labute approximate surface area is 107 Å². The van der Waals surface area contributed by atoms with Crippen molar-refractivity contribution in [2.45, 2.75) is 19.5 Å². The van der Waals surface area contributed by atoms with Crippen molar-refractivity contribution in [3.05, 3.63) is 53.7 Å². The number of aromatic nitrogens is 1. The second-order valence-corrected chi connectivity index (χ2v) is 4.45. The molecule has 2 N–H and O–H groups in total. The number of rotatable bonds is 5. The second kappa shape index (κ2) is 5.80. The number of nitrogens with two attached hydrogens (primary N) is 1. The van der Waals surface area contributed by atoms with E-state index in [0.29, 0.717) is 6.54 Å². The first-order valence-electron chi connectivity index (χ1n) is 6.05. The van der Waals surface area contributed by atoms with Gasteiger partial charge in [-0.1, -0.05) is 0 Å². The van der Waals surface area contributed by atoms with Crippen LogP contribution in [0.1, 0.15) is 22.9 Å². The zero-order valence-electron chi connectivity index (χ0n) is 10.8. The summed E-state index contributed by atoms with van der Waals surface area (Å²) in [5, 5.41) is 0. The Bertz CT molecular complexity index is 481. The minimum absolute atomic E-state index is 0.197. The number of hydrogen-bond donors (Lipinski definition) is 1. The monoisotopic (exact) mass is 245 g/mol. The summed E-state index contributed by atoms with van der Waals surface area (Å²) in [6, 6.07) is 6.22. The fourth-order valence-corrected chi connectivity index (χ4v) is 2.11. The van der Waals surface area contributed by atoms with Crippen LogP contribution < -0.4 is 5.73 Å². The second-order valence-electron chi connectivity index (χ2n) is 4.45. The largest absolute Gasteiger partial charge is 0.469 e. The maximum Gasteiger partial charge on any atom is 0.105 e. The molecule has 0 saturated carbocycles. The molecule has 18 heavy (non-hydrogen) atoms. The zero-order valence-corrected chi connectivity index (χ0v) is 10.8. The number of nitrogens with zero attached hydrogens (tertiary/aromatic N) is 2. The molecular weight excluding hydrogens is 226 g/mol. The summed E-state index contributed by atoms with van der Waals surface area (Å²) in [7, 11) is 2.07. The Morgan fingerprint density at radius 3 is 2.61 bits per heavy atom. The third kappa shape index (κ3) is 2.78. The number of likely N-dealkylation sites (N-methyl/N-ethyl adjacent to an activating group) is 1. The summed E-state index contributed by atoms with van der Waals surface area (Å²) in [6.45, 7) is 3.39. The standard InChI is InChI=1S/C14H19N3O/c1-11-13(5-8-18-11)10-17(2)14(9-15)12-3-6-16-7-4-12/h3-8,14H,9-10,15H2,1-2H3. The summed E-state index contributed by atoms with van der Waals surface area (Å²) in [4.78, 5) is 6.27. The van der Waals surface area contributed by atoms with Crippen molar-refractivity contribution in [2.24, 2.45) is 5.73 Å². The highest BCUT2D eigenvalue weighted by molar-refractivity contribution is 5.18. The lowest BCUT2D eigenvalue weighted by Gasteiger charge is -2.27. The maximum absolute atomic E-state index is 5.89. The van der Waals surface area contributed by atoms with E-state index in [2.05, 4.69) is 16.9 Å². The van der Waals surface area contributed by atoms with Crippen LogP contribution in [0.4, 0.5) is 0 Å². The zero-order chi connectivity index (χ0) is 13.0. The van der Waals surface area contributed by atoms with Crippen molar-refractivity contribution in [3.63, 3.8) is 0 Å². The Hall–Kier alpha value is -1.65. The fourth-order valence-electron chi connectivity index (χ4n) is 2.11. The first-order valence-corrected chi connectivity index (χ1v) is 6.05. The third-order valence-corrected chi connectivity index (χ3v) is 3.23. The molecule has 2 aromatic heterocycles. The van der Waals surface area contributed by atoms with Gasteiger partial charge in [0.1, 0.15) is 5.76 Å². The van der Waals surface area contributed by atoms with E-state index < -0.39 is 0 Å². The van der Waals surface area contributed by atoms with Crippen LogP contribution >= 0.6 is 0 Å². The van der Waals surface area contributed by atoms with Gasteiger partial charge in [0.25, 0.3) is 0 Å². The molecule has 0 radical (unpaired) electrons. The van der Waals surface area contributed by atoms with E-state index in [-0.39, 0.29) is 6.04 Å². The fraction of sp³-hybridized carbons (Fsp3) is 0.357. The molecule has 0 aliphatic rings. The number of furan rings is 1. The van der Waals surface area contributed by atoms with Crippen LogP contribution in [-0.4, -0.2) is 23.5 Å². The highest BCUT2D eigenvalue weighted by Gasteiger charge is 2.16. The molecule has 0 aliphatic heterocycles. The van der Waals surface area contributed by atoms with Gasteiger partial charge in [0.05, 0.1) is 6.26 Å². The van der Waals surface area contributed by atoms with Crippen molar-refractivity contribution < 1.29 is 4.42 Å². The minimum atomic E-state index is 0.197. The van der Waals surface area contributed by atoms with E-state index in [1.165, 1.54) is 11.1 Å². The average Bonchev–Trinajstić information content (AvgIpc) is 2.77. The molecule has 1 unspecified atom stereocenters. The first kappa shape index (κ1) is 12.8. The number of aryl methyl sites for hydroxylation is 1. The SMILES string of the molecule is Cc1occc1CN(C)C(CN)c1ccncc1. The smallest absolute Gasteiger partial charge is 0.105 e. The highest BCUT2D eigenvalue weighted by Crippen LogP contribution is 2.21. The predicted octanol–water partition coefficient (Wildman–Crippen LogP) is 2.11. The van der Waals surface area contributed by atoms with Crippen molar-refractivity contribution >= 4 is 0 Å². The van der Waals surface area contributed by atoms with Crippen LogP contribution in [0.25, 0.3) is 0 Å². The molecule has 0 saturated heterocycles. The molecule has 0 aromatic carbocycles. The summed E-state index contributed by atoms with van der Waals surface area (Å²) in [5.74, 6) is 0.965. The van der Waals surface area contributed by atoms with Gasteiger partial charge in [0.2, 0.25) is 0 Å². The van der Waals surface area contributed by atoms with Gasteiger partial charge in [-0.2, -0.15) is 0 Å². The Morgan fingerprint density at radius 1 is 1.33 bits per heavy atom. The van der Waals surface area contributed by atoms with Gasteiger partial charge in [-0.25, -0.2) is 0 Å². The van der Waals surface area contributed by atoms with Crippen LogP contribution in [0.5, 0.6) is 0 Å².